The first-order valence-corrected chi connectivity index (χ1v) is 6.64. The smallest absolute Gasteiger partial charge is 0.300 e. The Bertz CT molecular complexity index is 536. The highest BCUT2D eigenvalue weighted by molar-refractivity contribution is 5.99. The number of rotatable bonds is 2. The number of anilines is 1. The van der Waals surface area contributed by atoms with Gasteiger partial charge in [-0.2, -0.15) is 0 Å². The lowest BCUT2D eigenvalue weighted by Gasteiger charge is -2.39. The quantitative estimate of drug-likeness (QED) is 0.658. The zero-order valence-corrected chi connectivity index (χ0v) is 11.6. The third-order valence-electron chi connectivity index (χ3n) is 3.76. The average Bonchev–Trinajstić information content (AvgIpc) is 2.37. The number of carbonyl (C=O) groups excluding carboxylic acids is 1. The average molecular weight is 278 g/mol. The normalized spacial score (nSPS) is 22.6. The molecule has 0 spiro atoms. The Hall–Kier alpha value is -2.18. The number of hydrogen-bond donors (Lipinski definition) is 1. The molecule has 2 heterocycles. The lowest BCUT2D eigenvalue weighted by molar-refractivity contribution is -0.385. The number of carbonyl (C=O) groups is 1. The van der Waals surface area contributed by atoms with E-state index in [2.05, 4.69) is 4.98 Å². The van der Waals surface area contributed by atoms with Gasteiger partial charge < -0.3 is 10.6 Å². The number of nitrogens with zero attached hydrogens (tertiary/aromatic N) is 3. The molecule has 1 aromatic heterocycles. The Morgan fingerprint density at radius 3 is 2.60 bits per heavy atom. The van der Waals surface area contributed by atoms with Crippen molar-refractivity contribution in [3.05, 3.63) is 27.9 Å². The molecule has 0 saturated carbocycles. The van der Waals surface area contributed by atoms with Gasteiger partial charge in [0, 0.05) is 12.1 Å². The molecule has 1 saturated heterocycles. The van der Waals surface area contributed by atoms with Crippen molar-refractivity contribution in [3.8, 4) is 0 Å². The van der Waals surface area contributed by atoms with E-state index in [1.54, 1.807) is 4.90 Å². The number of nitro groups is 1. The number of amides is 1. The molecule has 0 unspecified atom stereocenters. The summed E-state index contributed by atoms with van der Waals surface area (Å²) in [5, 5.41) is 11.0. The Kier molecular flexibility index (Phi) is 3.87. The van der Waals surface area contributed by atoms with Crippen LogP contribution in [0.1, 0.15) is 43.5 Å². The van der Waals surface area contributed by atoms with E-state index >= 15 is 0 Å². The number of pyridine rings is 1. The van der Waals surface area contributed by atoms with E-state index in [0.29, 0.717) is 0 Å². The topological polar surface area (TPSA) is 102 Å². The molecule has 0 aromatic carbocycles. The van der Waals surface area contributed by atoms with Crippen LogP contribution in [-0.4, -0.2) is 32.8 Å². The molecule has 108 valence electrons. The second-order valence-electron chi connectivity index (χ2n) is 5.22. The summed E-state index contributed by atoms with van der Waals surface area (Å²) >= 11 is 0. The van der Waals surface area contributed by atoms with E-state index < -0.39 is 4.92 Å². The van der Waals surface area contributed by atoms with Gasteiger partial charge in [-0.3, -0.25) is 14.9 Å². The SMILES string of the molecule is C[C@@H]1CCC[C@H](C)N1C(=O)c1cc(N)ncc1[N+](=O)[O-]. The second-order valence-corrected chi connectivity index (χ2v) is 5.22. The molecule has 7 heteroatoms. The van der Waals surface area contributed by atoms with Crippen LogP contribution >= 0.6 is 0 Å². The molecule has 0 aliphatic carbocycles. The van der Waals surface area contributed by atoms with Gasteiger partial charge in [-0.05, 0) is 39.2 Å². The van der Waals surface area contributed by atoms with E-state index in [1.165, 1.54) is 6.07 Å². The van der Waals surface area contributed by atoms with Crippen LogP contribution in [0.4, 0.5) is 11.5 Å². The Morgan fingerprint density at radius 1 is 1.45 bits per heavy atom. The monoisotopic (exact) mass is 278 g/mol. The molecule has 1 fully saturated rings. The highest BCUT2D eigenvalue weighted by atomic mass is 16.6. The zero-order valence-electron chi connectivity index (χ0n) is 11.6. The summed E-state index contributed by atoms with van der Waals surface area (Å²) in [4.78, 5) is 28.5. The van der Waals surface area contributed by atoms with Crippen LogP contribution in [0.3, 0.4) is 0 Å². The minimum absolute atomic E-state index is 0.0168. The van der Waals surface area contributed by atoms with Crippen molar-refractivity contribution in [2.75, 3.05) is 5.73 Å². The maximum atomic E-state index is 12.6. The van der Waals surface area contributed by atoms with E-state index in [4.69, 9.17) is 5.73 Å². The van der Waals surface area contributed by atoms with Crippen LogP contribution in [0.15, 0.2) is 12.3 Å². The van der Waals surface area contributed by atoms with E-state index in [0.717, 1.165) is 25.5 Å². The number of hydrogen-bond acceptors (Lipinski definition) is 5. The molecule has 1 aromatic rings. The number of aromatic nitrogens is 1. The molecule has 7 nitrogen and oxygen atoms in total. The van der Waals surface area contributed by atoms with Crippen molar-refractivity contribution in [1.29, 1.82) is 0 Å². The number of nitrogen functional groups attached to an aromatic ring is 1. The molecular weight excluding hydrogens is 260 g/mol. The Morgan fingerprint density at radius 2 is 2.05 bits per heavy atom. The largest absolute Gasteiger partial charge is 0.384 e. The maximum Gasteiger partial charge on any atom is 0.300 e. The van der Waals surface area contributed by atoms with Crippen molar-refractivity contribution < 1.29 is 9.72 Å². The van der Waals surface area contributed by atoms with Crippen molar-refractivity contribution in [2.24, 2.45) is 0 Å². The lowest BCUT2D eigenvalue weighted by Crippen LogP contribution is -2.47. The Labute approximate surface area is 116 Å². The van der Waals surface area contributed by atoms with Gasteiger partial charge in [-0.1, -0.05) is 0 Å². The summed E-state index contributed by atoms with van der Waals surface area (Å²) in [5.74, 6) is -0.234. The van der Waals surface area contributed by atoms with Crippen LogP contribution in [0.5, 0.6) is 0 Å². The van der Waals surface area contributed by atoms with E-state index in [9.17, 15) is 14.9 Å². The molecule has 1 amide bonds. The van der Waals surface area contributed by atoms with Gasteiger partial charge in [-0.25, -0.2) is 4.98 Å². The molecule has 2 atom stereocenters. The summed E-state index contributed by atoms with van der Waals surface area (Å²) in [6, 6.07) is 1.43. The molecule has 2 rings (SSSR count). The van der Waals surface area contributed by atoms with Gasteiger partial charge in [0.15, 0.2) is 0 Å². The van der Waals surface area contributed by atoms with Crippen molar-refractivity contribution >= 4 is 17.4 Å². The highest BCUT2D eigenvalue weighted by Gasteiger charge is 2.33. The molecule has 20 heavy (non-hydrogen) atoms. The first-order valence-electron chi connectivity index (χ1n) is 6.64. The van der Waals surface area contributed by atoms with Crippen LogP contribution in [0, 0.1) is 10.1 Å². The summed E-state index contributed by atoms with van der Waals surface area (Å²) in [6.07, 6.45) is 3.92. The molecule has 0 radical (unpaired) electrons. The number of likely N-dealkylation sites (tertiary alicyclic amines) is 1. The number of nitrogens with two attached hydrogens (primary N) is 1. The summed E-state index contributed by atoms with van der Waals surface area (Å²) < 4.78 is 0. The first kappa shape index (κ1) is 14.2. The predicted molar refractivity (Wildman–Crippen MR) is 74.2 cm³/mol. The number of piperidine rings is 1. The summed E-state index contributed by atoms with van der Waals surface area (Å²) in [7, 11) is 0. The lowest BCUT2D eigenvalue weighted by atomic mass is 9.96. The summed E-state index contributed by atoms with van der Waals surface area (Å²) in [6.45, 7) is 3.92. The third kappa shape index (κ3) is 2.56. The molecule has 1 aliphatic rings. The molecular formula is C13H18N4O3. The fourth-order valence-corrected chi connectivity index (χ4v) is 2.74. The van der Waals surface area contributed by atoms with Gasteiger partial charge >= 0.3 is 0 Å². The molecule has 1 aliphatic heterocycles. The van der Waals surface area contributed by atoms with Crippen LogP contribution in [-0.2, 0) is 0 Å². The molecule has 2 N–H and O–H groups in total. The van der Waals surface area contributed by atoms with Crippen molar-refractivity contribution in [2.45, 2.75) is 45.2 Å². The minimum atomic E-state index is -0.598. The van der Waals surface area contributed by atoms with Crippen molar-refractivity contribution in [3.63, 3.8) is 0 Å². The van der Waals surface area contributed by atoms with Gasteiger partial charge in [0.25, 0.3) is 11.6 Å². The first-order chi connectivity index (χ1) is 9.41. The minimum Gasteiger partial charge on any atom is -0.384 e. The van der Waals surface area contributed by atoms with Crippen molar-refractivity contribution in [1.82, 2.24) is 9.88 Å². The zero-order chi connectivity index (χ0) is 14.9. The van der Waals surface area contributed by atoms with Gasteiger partial charge in [0.2, 0.25) is 0 Å². The standard InChI is InChI=1S/C13H18N4O3/c1-8-4-3-5-9(2)16(8)13(18)10-6-12(14)15-7-11(10)17(19)20/h6-9H,3-5H2,1-2H3,(H2,14,15)/t8-,9+. The molecule has 0 bridgehead atoms. The van der Waals surface area contributed by atoms with Gasteiger partial charge in [0.1, 0.15) is 17.6 Å². The predicted octanol–water partition coefficient (Wildman–Crippen LogP) is 1.98. The maximum absolute atomic E-state index is 12.6. The highest BCUT2D eigenvalue weighted by Crippen LogP contribution is 2.28. The fourth-order valence-electron chi connectivity index (χ4n) is 2.74. The second kappa shape index (κ2) is 5.44. The summed E-state index contributed by atoms with van der Waals surface area (Å²) in [5.41, 5.74) is 5.28. The van der Waals surface area contributed by atoms with Crippen LogP contribution < -0.4 is 5.73 Å². The Balaban J connectivity index is 2.42. The van der Waals surface area contributed by atoms with Crippen LogP contribution in [0.2, 0.25) is 0 Å². The fraction of sp³-hybridized carbons (Fsp3) is 0.538. The van der Waals surface area contributed by atoms with E-state index in [1.807, 2.05) is 13.8 Å². The van der Waals surface area contributed by atoms with Gasteiger partial charge in [-0.15, -0.1) is 0 Å². The third-order valence-corrected chi connectivity index (χ3v) is 3.76. The van der Waals surface area contributed by atoms with E-state index in [-0.39, 0.29) is 35.1 Å². The van der Waals surface area contributed by atoms with Gasteiger partial charge in [0.05, 0.1) is 4.92 Å². The van der Waals surface area contributed by atoms with Crippen LogP contribution in [0.25, 0.3) is 0 Å².